The Morgan fingerprint density at radius 1 is 1.29 bits per heavy atom. The Morgan fingerprint density at radius 2 is 2.10 bits per heavy atom. The summed E-state index contributed by atoms with van der Waals surface area (Å²) in [5, 5.41) is 0. The van der Waals surface area contributed by atoms with Gasteiger partial charge in [-0.25, -0.2) is 4.39 Å². The van der Waals surface area contributed by atoms with Gasteiger partial charge in [0.2, 0.25) is 0 Å². The maximum absolute atomic E-state index is 13.5. The van der Waals surface area contributed by atoms with Gasteiger partial charge in [0, 0.05) is 30.9 Å². The summed E-state index contributed by atoms with van der Waals surface area (Å²) in [4.78, 5) is 4.93. The summed E-state index contributed by atoms with van der Waals surface area (Å²) in [5.41, 5.74) is 8.09. The molecular weight excluding hydrogens is 265 g/mol. The second-order valence-corrected chi connectivity index (χ2v) is 6.68. The Bertz CT molecular complexity index is 503. The van der Waals surface area contributed by atoms with Crippen LogP contribution in [0.2, 0.25) is 0 Å². The van der Waals surface area contributed by atoms with Crippen LogP contribution < -0.4 is 10.6 Å². The van der Waals surface area contributed by atoms with Crippen LogP contribution in [0.15, 0.2) is 18.2 Å². The molecule has 2 unspecified atom stereocenters. The van der Waals surface area contributed by atoms with E-state index in [1.54, 1.807) is 12.1 Å². The normalized spacial score (nSPS) is 28.3. The SMILES string of the molecule is C[C@H](N)c1cc(F)ccc1N1CCC2C(CCCN2C)C1. The van der Waals surface area contributed by atoms with Gasteiger partial charge in [-0.05, 0) is 69.5 Å². The molecule has 1 aromatic rings. The van der Waals surface area contributed by atoms with E-state index in [-0.39, 0.29) is 11.9 Å². The largest absolute Gasteiger partial charge is 0.371 e. The number of piperidine rings is 2. The molecule has 0 spiro atoms. The van der Waals surface area contributed by atoms with Crippen molar-refractivity contribution >= 4 is 5.69 Å². The van der Waals surface area contributed by atoms with Crippen LogP contribution in [0.1, 0.15) is 37.8 Å². The molecule has 0 bridgehead atoms. The minimum atomic E-state index is -0.196. The van der Waals surface area contributed by atoms with Gasteiger partial charge in [-0.3, -0.25) is 0 Å². The lowest BCUT2D eigenvalue weighted by Gasteiger charge is -2.47. The molecule has 3 atom stereocenters. The summed E-state index contributed by atoms with van der Waals surface area (Å²) in [6, 6.07) is 5.64. The van der Waals surface area contributed by atoms with Crippen LogP contribution in [0.3, 0.4) is 0 Å². The third-order valence-corrected chi connectivity index (χ3v) is 5.17. The van der Waals surface area contributed by atoms with E-state index in [4.69, 9.17) is 5.73 Å². The van der Waals surface area contributed by atoms with Gasteiger partial charge in [0.1, 0.15) is 5.82 Å². The van der Waals surface area contributed by atoms with Crippen molar-refractivity contribution in [2.24, 2.45) is 11.7 Å². The van der Waals surface area contributed by atoms with Crippen LogP contribution in [-0.4, -0.2) is 37.6 Å². The van der Waals surface area contributed by atoms with Crippen LogP contribution in [-0.2, 0) is 0 Å². The van der Waals surface area contributed by atoms with Crippen molar-refractivity contribution in [2.45, 2.75) is 38.3 Å². The van der Waals surface area contributed by atoms with E-state index in [1.165, 1.54) is 25.8 Å². The predicted molar refractivity (Wildman–Crippen MR) is 85.0 cm³/mol. The van der Waals surface area contributed by atoms with Gasteiger partial charge in [-0.15, -0.1) is 0 Å². The number of rotatable bonds is 2. The van der Waals surface area contributed by atoms with Crippen LogP contribution in [0.25, 0.3) is 0 Å². The van der Waals surface area contributed by atoms with Gasteiger partial charge in [0.15, 0.2) is 0 Å². The molecule has 0 saturated carbocycles. The van der Waals surface area contributed by atoms with Crippen molar-refractivity contribution in [1.29, 1.82) is 0 Å². The zero-order chi connectivity index (χ0) is 15.0. The monoisotopic (exact) mass is 291 g/mol. The van der Waals surface area contributed by atoms with Gasteiger partial charge >= 0.3 is 0 Å². The average molecular weight is 291 g/mol. The molecule has 0 radical (unpaired) electrons. The van der Waals surface area contributed by atoms with E-state index in [9.17, 15) is 4.39 Å². The maximum Gasteiger partial charge on any atom is 0.123 e. The Kier molecular flexibility index (Phi) is 4.18. The van der Waals surface area contributed by atoms with E-state index in [0.29, 0.717) is 6.04 Å². The van der Waals surface area contributed by atoms with Gasteiger partial charge in [0.05, 0.1) is 0 Å². The zero-order valence-electron chi connectivity index (χ0n) is 13.1. The molecule has 4 heteroatoms. The van der Waals surface area contributed by atoms with Crippen LogP contribution >= 0.6 is 0 Å². The Labute approximate surface area is 126 Å². The fourth-order valence-electron chi connectivity index (χ4n) is 4.05. The van der Waals surface area contributed by atoms with Crippen LogP contribution in [0.5, 0.6) is 0 Å². The predicted octanol–water partition coefficient (Wildman–Crippen LogP) is 2.77. The lowest BCUT2D eigenvalue weighted by Crippen LogP contribution is -2.53. The van der Waals surface area contributed by atoms with Gasteiger partial charge in [-0.2, -0.15) is 0 Å². The Hall–Kier alpha value is -1.13. The van der Waals surface area contributed by atoms with Crippen molar-refractivity contribution in [2.75, 3.05) is 31.6 Å². The van der Waals surface area contributed by atoms with Crippen molar-refractivity contribution in [1.82, 2.24) is 4.90 Å². The first-order chi connectivity index (χ1) is 10.1. The molecule has 116 valence electrons. The quantitative estimate of drug-likeness (QED) is 0.909. The number of likely N-dealkylation sites (tertiary alicyclic amines) is 1. The van der Waals surface area contributed by atoms with Crippen molar-refractivity contribution in [3.05, 3.63) is 29.6 Å². The molecule has 2 fully saturated rings. The van der Waals surface area contributed by atoms with Crippen molar-refractivity contribution in [3.63, 3.8) is 0 Å². The number of nitrogens with two attached hydrogens (primary N) is 1. The van der Waals surface area contributed by atoms with E-state index in [1.807, 2.05) is 13.0 Å². The smallest absolute Gasteiger partial charge is 0.123 e. The zero-order valence-corrected chi connectivity index (χ0v) is 13.1. The van der Waals surface area contributed by atoms with E-state index in [0.717, 1.165) is 30.3 Å². The number of anilines is 1. The van der Waals surface area contributed by atoms with Crippen LogP contribution in [0.4, 0.5) is 10.1 Å². The molecule has 2 aliphatic heterocycles. The lowest BCUT2D eigenvalue weighted by atomic mass is 9.83. The van der Waals surface area contributed by atoms with Crippen LogP contribution in [0, 0.1) is 11.7 Å². The third kappa shape index (κ3) is 2.92. The number of nitrogens with zero attached hydrogens (tertiary/aromatic N) is 2. The van der Waals surface area contributed by atoms with E-state index < -0.39 is 0 Å². The fourth-order valence-corrected chi connectivity index (χ4v) is 4.05. The molecule has 2 aliphatic rings. The van der Waals surface area contributed by atoms with E-state index >= 15 is 0 Å². The summed E-state index contributed by atoms with van der Waals surface area (Å²) < 4.78 is 13.5. The molecule has 2 heterocycles. The van der Waals surface area contributed by atoms with Gasteiger partial charge < -0.3 is 15.5 Å². The first kappa shape index (κ1) is 14.8. The molecular formula is C17H26FN3. The highest BCUT2D eigenvalue weighted by Crippen LogP contribution is 2.34. The first-order valence-corrected chi connectivity index (χ1v) is 8.06. The molecule has 0 amide bonds. The summed E-state index contributed by atoms with van der Waals surface area (Å²) in [6.07, 6.45) is 3.78. The topological polar surface area (TPSA) is 32.5 Å². The molecule has 3 rings (SSSR count). The maximum atomic E-state index is 13.5. The van der Waals surface area contributed by atoms with E-state index in [2.05, 4.69) is 16.8 Å². The minimum Gasteiger partial charge on any atom is -0.371 e. The number of fused-ring (bicyclic) bond motifs is 1. The molecule has 1 aromatic carbocycles. The number of halogens is 1. The molecule has 2 N–H and O–H groups in total. The number of hydrogen-bond acceptors (Lipinski definition) is 3. The molecule has 2 saturated heterocycles. The number of hydrogen-bond donors (Lipinski definition) is 1. The minimum absolute atomic E-state index is 0.137. The Morgan fingerprint density at radius 3 is 2.86 bits per heavy atom. The third-order valence-electron chi connectivity index (χ3n) is 5.17. The van der Waals surface area contributed by atoms with Gasteiger partial charge in [-0.1, -0.05) is 0 Å². The average Bonchev–Trinajstić information content (AvgIpc) is 2.47. The summed E-state index contributed by atoms with van der Waals surface area (Å²) in [6.45, 7) is 5.26. The summed E-state index contributed by atoms with van der Waals surface area (Å²) in [5.74, 6) is 0.529. The van der Waals surface area contributed by atoms with Crippen molar-refractivity contribution in [3.8, 4) is 0 Å². The van der Waals surface area contributed by atoms with Gasteiger partial charge in [0.25, 0.3) is 0 Å². The summed E-state index contributed by atoms with van der Waals surface area (Å²) >= 11 is 0. The lowest BCUT2D eigenvalue weighted by molar-refractivity contribution is 0.102. The molecule has 0 aromatic heterocycles. The highest BCUT2D eigenvalue weighted by atomic mass is 19.1. The second-order valence-electron chi connectivity index (χ2n) is 6.68. The molecule has 21 heavy (non-hydrogen) atoms. The molecule has 0 aliphatic carbocycles. The standard InChI is InChI=1S/C17H26FN3/c1-12(19)15-10-14(18)5-6-17(15)21-9-7-16-13(11-21)4-3-8-20(16)2/h5-6,10,12-13,16H,3-4,7-9,11,19H2,1-2H3/t12-,13?,16?/m0/s1. The second kappa shape index (κ2) is 5.93. The number of benzene rings is 1. The molecule has 3 nitrogen and oxygen atoms in total. The highest BCUT2D eigenvalue weighted by Gasteiger charge is 2.34. The first-order valence-electron chi connectivity index (χ1n) is 8.06. The van der Waals surface area contributed by atoms with Crippen molar-refractivity contribution < 1.29 is 4.39 Å². The Balaban J connectivity index is 1.82. The summed E-state index contributed by atoms with van der Waals surface area (Å²) in [7, 11) is 2.25. The fraction of sp³-hybridized carbons (Fsp3) is 0.647. The highest BCUT2D eigenvalue weighted by molar-refractivity contribution is 5.55.